The first-order chi connectivity index (χ1) is 14.7. The Kier molecular flexibility index (Phi) is 4.62. The second kappa shape index (κ2) is 6.79. The van der Waals surface area contributed by atoms with Gasteiger partial charge in [0.25, 0.3) is 0 Å². The molecular formula is C27H42O4. The summed E-state index contributed by atoms with van der Waals surface area (Å²) in [7, 11) is 0. The Morgan fingerprint density at radius 1 is 0.968 bits per heavy atom. The molecule has 2 aliphatic heterocycles. The molecule has 6 aliphatic rings. The maximum absolute atomic E-state index is 12.2. The lowest BCUT2D eigenvalue weighted by atomic mass is 9.44. The molecule has 6 rings (SSSR count). The molecule has 2 saturated heterocycles. The van der Waals surface area contributed by atoms with Crippen molar-refractivity contribution in [2.45, 2.75) is 103 Å². The second-order valence-corrected chi connectivity index (χ2v) is 13.1. The number of carbonyl (C=O) groups is 1. The van der Waals surface area contributed by atoms with Gasteiger partial charge in [0.1, 0.15) is 5.78 Å². The van der Waals surface area contributed by atoms with Crippen LogP contribution < -0.4 is 0 Å². The summed E-state index contributed by atoms with van der Waals surface area (Å²) < 4.78 is 13.3. The molecule has 12 atom stereocenters. The van der Waals surface area contributed by atoms with Crippen LogP contribution in [0.25, 0.3) is 0 Å². The van der Waals surface area contributed by atoms with Gasteiger partial charge in [-0.25, -0.2) is 0 Å². The molecule has 4 heteroatoms. The fraction of sp³-hybridized carbons (Fsp3) is 0.963. The van der Waals surface area contributed by atoms with Crippen molar-refractivity contribution in [1.29, 1.82) is 0 Å². The first kappa shape index (κ1) is 21.1. The number of ketones is 1. The van der Waals surface area contributed by atoms with Crippen molar-refractivity contribution >= 4 is 5.78 Å². The van der Waals surface area contributed by atoms with Crippen LogP contribution in [-0.4, -0.2) is 35.5 Å². The van der Waals surface area contributed by atoms with Crippen molar-refractivity contribution in [2.24, 2.45) is 52.3 Å². The monoisotopic (exact) mass is 430 g/mol. The predicted molar refractivity (Wildman–Crippen MR) is 118 cm³/mol. The zero-order valence-electron chi connectivity index (χ0n) is 19.9. The summed E-state index contributed by atoms with van der Waals surface area (Å²) in [5.74, 6) is 3.72. The highest BCUT2D eigenvalue weighted by molar-refractivity contribution is 5.79. The quantitative estimate of drug-likeness (QED) is 0.589. The van der Waals surface area contributed by atoms with E-state index in [1.54, 1.807) is 0 Å². The normalized spacial score (nSPS) is 60.9. The zero-order chi connectivity index (χ0) is 21.8. The molecule has 0 aromatic rings. The number of aliphatic hydroxyl groups is 1. The average molecular weight is 431 g/mol. The lowest BCUT2D eigenvalue weighted by molar-refractivity contribution is -0.273. The maximum atomic E-state index is 12.2. The predicted octanol–water partition coefficient (Wildman–Crippen LogP) is 4.97. The highest BCUT2D eigenvalue weighted by atomic mass is 16.7. The van der Waals surface area contributed by atoms with Crippen LogP contribution in [0, 0.1) is 52.3 Å². The van der Waals surface area contributed by atoms with E-state index in [4.69, 9.17) is 9.47 Å². The van der Waals surface area contributed by atoms with Gasteiger partial charge in [-0.15, -0.1) is 0 Å². The van der Waals surface area contributed by atoms with Gasteiger partial charge in [-0.3, -0.25) is 4.79 Å². The summed E-state index contributed by atoms with van der Waals surface area (Å²) in [6, 6.07) is 0. The SMILES string of the molecule is CC1CC[C@@]2(OC1)O[C@H]1C[C@H]3[C@@H]4CC(O)C5CC(=O)CC[C@]5(C)[C@H]4CC[C@]3(C)[C@H]1[C@@H]2C. The fourth-order valence-corrected chi connectivity index (χ4v) is 10.1. The second-order valence-electron chi connectivity index (χ2n) is 13.1. The van der Waals surface area contributed by atoms with Gasteiger partial charge in [0.15, 0.2) is 5.79 Å². The molecule has 0 bridgehead atoms. The number of fused-ring (bicyclic) bond motifs is 7. The van der Waals surface area contributed by atoms with E-state index >= 15 is 0 Å². The van der Waals surface area contributed by atoms with Crippen LogP contribution in [0.4, 0.5) is 0 Å². The highest BCUT2D eigenvalue weighted by Crippen LogP contribution is 2.71. The Balaban J connectivity index is 1.28. The molecule has 0 radical (unpaired) electrons. The van der Waals surface area contributed by atoms with E-state index in [0.29, 0.717) is 60.2 Å². The highest BCUT2D eigenvalue weighted by Gasteiger charge is 2.69. The van der Waals surface area contributed by atoms with E-state index in [1.807, 2.05) is 0 Å². The van der Waals surface area contributed by atoms with Crippen molar-refractivity contribution in [1.82, 2.24) is 0 Å². The van der Waals surface area contributed by atoms with Crippen LogP contribution in [0.1, 0.15) is 85.5 Å². The largest absolute Gasteiger partial charge is 0.393 e. The van der Waals surface area contributed by atoms with Gasteiger partial charge in [0.05, 0.1) is 18.8 Å². The van der Waals surface area contributed by atoms with E-state index in [2.05, 4.69) is 27.7 Å². The number of hydrogen-bond donors (Lipinski definition) is 1. The molecule has 0 aromatic carbocycles. The third kappa shape index (κ3) is 2.74. The van der Waals surface area contributed by atoms with Crippen LogP contribution in [0.2, 0.25) is 0 Å². The fourth-order valence-electron chi connectivity index (χ4n) is 10.1. The first-order valence-corrected chi connectivity index (χ1v) is 13.2. The Morgan fingerprint density at radius 3 is 2.52 bits per heavy atom. The molecule has 1 spiro atoms. The van der Waals surface area contributed by atoms with Crippen molar-refractivity contribution < 1.29 is 19.4 Å². The molecule has 31 heavy (non-hydrogen) atoms. The van der Waals surface area contributed by atoms with Crippen molar-refractivity contribution in [3.63, 3.8) is 0 Å². The van der Waals surface area contributed by atoms with Crippen LogP contribution in [-0.2, 0) is 14.3 Å². The zero-order valence-corrected chi connectivity index (χ0v) is 19.9. The third-order valence-electron chi connectivity index (χ3n) is 11.8. The average Bonchev–Trinajstić information content (AvgIpc) is 3.17. The van der Waals surface area contributed by atoms with Crippen molar-refractivity contribution in [2.75, 3.05) is 6.61 Å². The summed E-state index contributed by atoms with van der Waals surface area (Å²) in [5, 5.41) is 11.2. The Morgan fingerprint density at radius 2 is 1.77 bits per heavy atom. The molecule has 4 nitrogen and oxygen atoms in total. The molecule has 3 unspecified atom stereocenters. The maximum Gasteiger partial charge on any atom is 0.171 e. The van der Waals surface area contributed by atoms with Crippen molar-refractivity contribution in [3.05, 3.63) is 0 Å². The van der Waals surface area contributed by atoms with E-state index in [0.717, 1.165) is 32.3 Å². The number of ether oxygens (including phenoxy) is 2. The number of carbonyl (C=O) groups excluding carboxylic acids is 1. The summed E-state index contributed by atoms with van der Waals surface area (Å²) in [5.41, 5.74) is 0.417. The molecule has 4 saturated carbocycles. The van der Waals surface area contributed by atoms with Gasteiger partial charge in [0, 0.05) is 25.2 Å². The Bertz CT molecular complexity index is 756. The number of hydrogen-bond acceptors (Lipinski definition) is 4. The summed E-state index contributed by atoms with van der Waals surface area (Å²) >= 11 is 0. The minimum Gasteiger partial charge on any atom is -0.393 e. The molecule has 174 valence electrons. The van der Waals surface area contributed by atoms with Crippen LogP contribution in [0.15, 0.2) is 0 Å². The molecular weight excluding hydrogens is 388 g/mol. The van der Waals surface area contributed by atoms with Crippen LogP contribution >= 0.6 is 0 Å². The first-order valence-electron chi connectivity index (χ1n) is 13.2. The molecule has 0 amide bonds. The number of aliphatic hydroxyl groups excluding tert-OH is 1. The minimum absolute atomic E-state index is 0.131. The Hall–Kier alpha value is -0.450. The smallest absolute Gasteiger partial charge is 0.171 e. The van der Waals surface area contributed by atoms with Gasteiger partial charge in [-0.1, -0.05) is 27.7 Å². The molecule has 4 aliphatic carbocycles. The van der Waals surface area contributed by atoms with Crippen LogP contribution in [0.5, 0.6) is 0 Å². The lowest BCUT2D eigenvalue weighted by Crippen LogP contribution is -2.58. The van der Waals surface area contributed by atoms with E-state index in [1.165, 1.54) is 19.3 Å². The third-order valence-corrected chi connectivity index (χ3v) is 11.8. The molecule has 6 fully saturated rings. The molecule has 2 heterocycles. The van der Waals surface area contributed by atoms with E-state index in [9.17, 15) is 9.90 Å². The standard InChI is InChI=1S/C27H42O4/c1-15-5-10-27(30-14-15)16(2)24-23(31-27)13-20-18-12-22(29)21-11-17(28)6-8-25(21,3)19(18)7-9-26(20,24)4/h15-16,18-24,29H,5-14H2,1-4H3/t15?,16-,18+,19-,20-,21?,22?,23-,24-,25+,26-,27+/m0/s1. The minimum atomic E-state index is -0.348. The van der Waals surface area contributed by atoms with Crippen molar-refractivity contribution in [3.8, 4) is 0 Å². The summed E-state index contributed by atoms with van der Waals surface area (Å²) in [6.45, 7) is 10.5. The Labute approximate surface area is 187 Å². The lowest BCUT2D eigenvalue weighted by Gasteiger charge is -2.61. The van der Waals surface area contributed by atoms with Gasteiger partial charge in [-0.2, -0.15) is 0 Å². The number of Topliss-reactive ketones (excluding diaryl/α,β-unsaturated/α-hetero) is 1. The topological polar surface area (TPSA) is 55.8 Å². The molecule has 1 N–H and O–H groups in total. The van der Waals surface area contributed by atoms with E-state index < -0.39 is 0 Å². The van der Waals surface area contributed by atoms with Crippen LogP contribution in [0.3, 0.4) is 0 Å². The van der Waals surface area contributed by atoms with Gasteiger partial charge in [0.2, 0.25) is 0 Å². The van der Waals surface area contributed by atoms with E-state index in [-0.39, 0.29) is 28.6 Å². The van der Waals surface area contributed by atoms with Gasteiger partial charge < -0.3 is 14.6 Å². The van der Waals surface area contributed by atoms with Gasteiger partial charge >= 0.3 is 0 Å². The molecule has 0 aromatic heterocycles. The summed E-state index contributed by atoms with van der Waals surface area (Å²) in [4.78, 5) is 12.2. The number of rotatable bonds is 0. The summed E-state index contributed by atoms with van der Waals surface area (Å²) in [6.07, 6.45) is 9.11. The van der Waals surface area contributed by atoms with Gasteiger partial charge in [-0.05, 0) is 84.9 Å².